The second-order valence-electron chi connectivity index (χ2n) is 5.59. The van der Waals surface area contributed by atoms with Crippen LogP contribution in [0.25, 0.3) is 22.9 Å². The number of aromatic nitrogens is 5. The van der Waals surface area contributed by atoms with Crippen LogP contribution in [0.4, 0.5) is 8.78 Å². The van der Waals surface area contributed by atoms with Crippen molar-refractivity contribution in [1.29, 1.82) is 0 Å². The van der Waals surface area contributed by atoms with Gasteiger partial charge in [-0.2, -0.15) is 4.98 Å². The molecule has 8 nitrogen and oxygen atoms in total. The Kier molecular flexibility index (Phi) is 4.78. The van der Waals surface area contributed by atoms with Crippen molar-refractivity contribution in [1.82, 2.24) is 24.5 Å². The quantitative estimate of drug-likeness (QED) is 0.475. The van der Waals surface area contributed by atoms with Crippen LogP contribution in [0.2, 0.25) is 5.02 Å². The van der Waals surface area contributed by atoms with E-state index >= 15 is 0 Å². The molecule has 0 unspecified atom stereocenters. The van der Waals surface area contributed by atoms with Gasteiger partial charge in [-0.15, -0.1) is 0 Å². The third-order valence-electron chi connectivity index (χ3n) is 3.65. The Hall–Kier alpha value is -3.27. The third-order valence-corrected chi connectivity index (χ3v) is 3.86. The van der Waals surface area contributed by atoms with Crippen LogP contribution in [0.15, 0.2) is 41.3 Å². The van der Waals surface area contributed by atoms with Gasteiger partial charge in [0.15, 0.2) is 28.6 Å². The van der Waals surface area contributed by atoms with Gasteiger partial charge in [0.05, 0.1) is 17.5 Å². The maximum Gasteiger partial charge on any atom is 0.272 e. The van der Waals surface area contributed by atoms with Crippen molar-refractivity contribution >= 4 is 22.9 Å². The molecule has 0 aliphatic carbocycles. The first kappa shape index (κ1) is 18.1. The van der Waals surface area contributed by atoms with Gasteiger partial charge in [-0.1, -0.05) is 11.6 Å². The molecular formula is C17H12ClF2N5O3. The molecule has 4 aromatic heterocycles. The summed E-state index contributed by atoms with van der Waals surface area (Å²) in [6.45, 7) is -0.822. The van der Waals surface area contributed by atoms with Crippen LogP contribution in [0, 0.1) is 0 Å². The number of hydrogen-bond acceptors (Lipinski definition) is 7. The summed E-state index contributed by atoms with van der Waals surface area (Å²) in [6, 6.07) is 4.84. The van der Waals surface area contributed by atoms with E-state index in [1.54, 1.807) is 23.7 Å². The highest BCUT2D eigenvalue weighted by atomic mass is 35.5. The molecule has 11 heteroatoms. The summed E-state index contributed by atoms with van der Waals surface area (Å²) in [5, 5.41) is 0.216. The lowest BCUT2D eigenvalue weighted by Crippen LogP contribution is -2.08. The molecule has 0 atom stereocenters. The molecule has 0 bridgehead atoms. The van der Waals surface area contributed by atoms with E-state index in [1.165, 1.54) is 24.7 Å². The van der Waals surface area contributed by atoms with Crippen molar-refractivity contribution in [3.63, 3.8) is 0 Å². The minimum Gasteiger partial charge on any atom is -0.482 e. The van der Waals surface area contributed by atoms with E-state index in [0.717, 1.165) is 0 Å². The van der Waals surface area contributed by atoms with Gasteiger partial charge in [-0.05, 0) is 12.1 Å². The molecule has 4 aromatic rings. The van der Waals surface area contributed by atoms with Crippen LogP contribution in [-0.4, -0.2) is 37.5 Å². The molecule has 0 aliphatic rings. The number of rotatable bonds is 6. The molecule has 0 spiro atoms. The highest BCUT2D eigenvalue weighted by Gasteiger charge is 2.17. The highest BCUT2D eigenvalue weighted by Crippen LogP contribution is 2.32. The minimum atomic E-state index is -2.66. The predicted octanol–water partition coefficient (Wildman–Crippen LogP) is 4.11. The maximum absolute atomic E-state index is 12.5. The minimum absolute atomic E-state index is 0.0315. The van der Waals surface area contributed by atoms with E-state index in [9.17, 15) is 8.78 Å². The van der Waals surface area contributed by atoms with Gasteiger partial charge in [0, 0.05) is 19.3 Å². The normalized spacial score (nSPS) is 11.3. The number of furan rings is 1. The van der Waals surface area contributed by atoms with Crippen molar-refractivity contribution in [2.24, 2.45) is 7.05 Å². The fraction of sp³-hybridized carbons (Fsp3) is 0.176. The molecule has 4 rings (SSSR count). The Balaban J connectivity index is 1.66. The zero-order valence-corrected chi connectivity index (χ0v) is 15.1. The summed E-state index contributed by atoms with van der Waals surface area (Å²) < 4.78 is 42.6. The van der Waals surface area contributed by atoms with Gasteiger partial charge in [-0.3, -0.25) is 0 Å². The largest absolute Gasteiger partial charge is 0.482 e. The first-order valence-corrected chi connectivity index (χ1v) is 8.37. The standard InChI is InChI=1S/C17H12ClF2N5O3/c1-25-15(10-3-2-4-26-10)24-14-16(25)23-13(7-21-14)28-17-11(27-8-12(19)20)5-9(18)6-22-17/h2-7,12H,8H2,1H3. The van der Waals surface area contributed by atoms with E-state index < -0.39 is 13.0 Å². The summed E-state index contributed by atoms with van der Waals surface area (Å²) in [6.07, 6.45) is 1.53. The van der Waals surface area contributed by atoms with Crippen molar-refractivity contribution in [3.8, 4) is 29.1 Å². The highest BCUT2D eigenvalue weighted by molar-refractivity contribution is 6.30. The zero-order chi connectivity index (χ0) is 19.7. The van der Waals surface area contributed by atoms with Crippen molar-refractivity contribution in [3.05, 3.63) is 41.9 Å². The van der Waals surface area contributed by atoms with Crippen molar-refractivity contribution in [2.75, 3.05) is 6.61 Å². The molecule has 0 amide bonds. The number of halogens is 3. The van der Waals surface area contributed by atoms with E-state index in [1.807, 2.05) is 0 Å². The van der Waals surface area contributed by atoms with Crippen LogP contribution in [0.5, 0.6) is 17.5 Å². The summed E-state index contributed by atoms with van der Waals surface area (Å²) in [4.78, 5) is 16.9. The molecule has 28 heavy (non-hydrogen) atoms. The number of aryl methyl sites for hydroxylation is 1. The van der Waals surface area contributed by atoms with Gasteiger partial charge in [0.2, 0.25) is 5.88 Å². The number of fused-ring (bicyclic) bond motifs is 1. The van der Waals surface area contributed by atoms with Gasteiger partial charge in [-0.25, -0.2) is 23.7 Å². The number of pyridine rings is 1. The Morgan fingerprint density at radius 2 is 2.11 bits per heavy atom. The van der Waals surface area contributed by atoms with Crippen LogP contribution < -0.4 is 9.47 Å². The van der Waals surface area contributed by atoms with E-state index in [2.05, 4.69) is 19.9 Å². The molecule has 0 aliphatic heterocycles. The first-order chi connectivity index (χ1) is 13.5. The van der Waals surface area contributed by atoms with Crippen molar-refractivity contribution in [2.45, 2.75) is 6.43 Å². The monoisotopic (exact) mass is 407 g/mol. The Morgan fingerprint density at radius 3 is 2.86 bits per heavy atom. The molecule has 0 saturated carbocycles. The topological polar surface area (TPSA) is 88.1 Å². The van der Waals surface area contributed by atoms with E-state index in [-0.39, 0.29) is 22.5 Å². The van der Waals surface area contributed by atoms with Crippen LogP contribution in [-0.2, 0) is 7.05 Å². The average Bonchev–Trinajstić information content (AvgIpc) is 3.30. The second kappa shape index (κ2) is 7.39. The van der Waals surface area contributed by atoms with Gasteiger partial charge in [0.1, 0.15) is 6.61 Å². The summed E-state index contributed by atoms with van der Waals surface area (Å²) >= 11 is 5.85. The number of hydrogen-bond donors (Lipinski definition) is 0. The molecule has 0 radical (unpaired) electrons. The zero-order valence-electron chi connectivity index (χ0n) is 14.3. The van der Waals surface area contributed by atoms with Gasteiger partial charge >= 0.3 is 0 Å². The molecular weight excluding hydrogens is 396 g/mol. The lowest BCUT2D eigenvalue weighted by Gasteiger charge is -2.10. The summed E-state index contributed by atoms with van der Waals surface area (Å²) in [5.41, 5.74) is 0.826. The fourth-order valence-corrected chi connectivity index (χ4v) is 2.60. The van der Waals surface area contributed by atoms with Gasteiger partial charge in [0.25, 0.3) is 12.3 Å². The first-order valence-electron chi connectivity index (χ1n) is 7.99. The number of nitrogens with zero attached hydrogens (tertiary/aromatic N) is 5. The van der Waals surface area contributed by atoms with Crippen molar-refractivity contribution < 1.29 is 22.7 Å². The average molecular weight is 408 g/mol. The molecule has 0 aromatic carbocycles. The van der Waals surface area contributed by atoms with E-state index in [0.29, 0.717) is 22.9 Å². The van der Waals surface area contributed by atoms with Crippen LogP contribution in [0.3, 0.4) is 0 Å². The SMILES string of the molecule is Cn1c(-c2ccco2)nc2ncc(Oc3ncc(Cl)cc3OCC(F)F)nc21. The van der Waals surface area contributed by atoms with Gasteiger partial charge < -0.3 is 18.5 Å². The Bertz CT molecular complexity index is 1120. The molecule has 0 N–H and O–H groups in total. The van der Waals surface area contributed by atoms with E-state index in [4.69, 9.17) is 25.5 Å². The Labute approximate surface area is 161 Å². The summed E-state index contributed by atoms with van der Waals surface area (Å²) in [5.74, 6) is 1.09. The third kappa shape index (κ3) is 3.58. The fourth-order valence-electron chi connectivity index (χ4n) is 2.45. The second-order valence-corrected chi connectivity index (χ2v) is 6.02. The molecule has 0 saturated heterocycles. The molecule has 4 heterocycles. The predicted molar refractivity (Wildman–Crippen MR) is 94.8 cm³/mol. The smallest absolute Gasteiger partial charge is 0.272 e. The summed E-state index contributed by atoms with van der Waals surface area (Å²) in [7, 11) is 1.75. The lowest BCUT2D eigenvalue weighted by molar-refractivity contribution is 0.0804. The van der Waals surface area contributed by atoms with Crippen LogP contribution >= 0.6 is 11.6 Å². The lowest BCUT2D eigenvalue weighted by atomic mass is 10.4. The molecule has 144 valence electrons. The van der Waals surface area contributed by atoms with Crippen LogP contribution in [0.1, 0.15) is 0 Å². The Morgan fingerprint density at radius 1 is 1.25 bits per heavy atom. The number of ether oxygens (including phenoxy) is 2. The maximum atomic E-state index is 12.5. The number of imidazole rings is 1. The molecule has 0 fully saturated rings. The number of alkyl halides is 2.